The van der Waals surface area contributed by atoms with Gasteiger partial charge >= 0.3 is 0 Å². The van der Waals surface area contributed by atoms with Gasteiger partial charge in [-0.2, -0.15) is 8.42 Å². The van der Waals surface area contributed by atoms with Crippen LogP contribution in [-0.2, 0) is 16.8 Å². The molecule has 0 atom stereocenters. The molecular weight excluding hydrogens is 226 g/mol. The summed E-state index contributed by atoms with van der Waals surface area (Å²) in [6.07, 6.45) is 1.09. The maximum Gasteiger partial charge on any atom is 0.296 e. The van der Waals surface area contributed by atoms with Crippen LogP contribution in [-0.4, -0.2) is 15.0 Å². The van der Waals surface area contributed by atoms with Crippen LogP contribution in [0.5, 0.6) is 0 Å². The molecule has 0 aromatic heterocycles. The SMILES string of the molecule is CCCNCc1ccc(NS(N)(=O)=O)cc1. The molecule has 0 aliphatic heterocycles. The summed E-state index contributed by atoms with van der Waals surface area (Å²) in [5, 5.41) is 8.11. The van der Waals surface area contributed by atoms with Crippen molar-refractivity contribution in [2.75, 3.05) is 11.3 Å². The lowest BCUT2D eigenvalue weighted by Gasteiger charge is -2.06. The third-order valence-electron chi connectivity index (χ3n) is 1.97. The van der Waals surface area contributed by atoms with Gasteiger partial charge < -0.3 is 5.32 Å². The summed E-state index contributed by atoms with van der Waals surface area (Å²) in [4.78, 5) is 0. The number of hydrogen-bond donors (Lipinski definition) is 3. The number of nitrogens with one attached hydrogen (secondary N) is 2. The Morgan fingerprint density at radius 3 is 2.38 bits per heavy atom. The molecule has 0 aliphatic rings. The number of rotatable bonds is 6. The van der Waals surface area contributed by atoms with Crippen LogP contribution in [0.2, 0.25) is 0 Å². The van der Waals surface area contributed by atoms with Crippen molar-refractivity contribution >= 4 is 15.9 Å². The first-order valence-corrected chi connectivity index (χ1v) is 6.66. The van der Waals surface area contributed by atoms with Gasteiger partial charge in [-0.3, -0.25) is 4.72 Å². The summed E-state index contributed by atoms with van der Waals surface area (Å²) in [5.74, 6) is 0. The summed E-state index contributed by atoms with van der Waals surface area (Å²) >= 11 is 0. The molecule has 1 aromatic rings. The molecule has 1 rings (SSSR count). The Morgan fingerprint density at radius 1 is 1.25 bits per heavy atom. The summed E-state index contributed by atoms with van der Waals surface area (Å²) in [6.45, 7) is 3.85. The van der Waals surface area contributed by atoms with E-state index in [0.29, 0.717) is 5.69 Å². The van der Waals surface area contributed by atoms with E-state index in [-0.39, 0.29) is 0 Å². The molecule has 90 valence electrons. The van der Waals surface area contributed by atoms with Crippen molar-refractivity contribution in [1.82, 2.24) is 5.32 Å². The molecule has 16 heavy (non-hydrogen) atoms. The molecule has 0 saturated heterocycles. The second-order valence-electron chi connectivity index (χ2n) is 3.52. The van der Waals surface area contributed by atoms with Gasteiger partial charge in [-0.05, 0) is 30.7 Å². The van der Waals surface area contributed by atoms with Gasteiger partial charge in [-0.15, -0.1) is 0 Å². The van der Waals surface area contributed by atoms with Gasteiger partial charge in [0.25, 0.3) is 10.2 Å². The highest BCUT2D eigenvalue weighted by Crippen LogP contribution is 2.09. The van der Waals surface area contributed by atoms with Gasteiger partial charge in [0.2, 0.25) is 0 Å². The van der Waals surface area contributed by atoms with Crippen molar-refractivity contribution in [2.24, 2.45) is 5.14 Å². The van der Waals surface area contributed by atoms with Gasteiger partial charge in [-0.1, -0.05) is 19.1 Å². The van der Waals surface area contributed by atoms with Crippen molar-refractivity contribution < 1.29 is 8.42 Å². The molecule has 0 heterocycles. The van der Waals surface area contributed by atoms with Crippen molar-refractivity contribution in [2.45, 2.75) is 19.9 Å². The largest absolute Gasteiger partial charge is 0.313 e. The highest BCUT2D eigenvalue weighted by atomic mass is 32.2. The Kier molecular flexibility index (Phi) is 4.72. The van der Waals surface area contributed by atoms with Gasteiger partial charge in [0.15, 0.2) is 0 Å². The number of benzene rings is 1. The molecule has 0 radical (unpaired) electrons. The fourth-order valence-electron chi connectivity index (χ4n) is 1.26. The monoisotopic (exact) mass is 243 g/mol. The quantitative estimate of drug-likeness (QED) is 0.646. The average Bonchev–Trinajstić information content (AvgIpc) is 2.19. The van der Waals surface area contributed by atoms with Crippen LogP contribution in [0, 0.1) is 0 Å². The van der Waals surface area contributed by atoms with Crippen molar-refractivity contribution in [3.63, 3.8) is 0 Å². The molecule has 0 fully saturated rings. The van der Waals surface area contributed by atoms with E-state index in [1.807, 2.05) is 12.1 Å². The Bertz CT molecular complexity index is 414. The van der Waals surface area contributed by atoms with Gasteiger partial charge in [0, 0.05) is 12.2 Å². The van der Waals surface area contributed by atoms with E-state index in [1.54, 1.807) is 12.1 Å². The van der Waals surface area contributed by atoms with Crippen LogP contribution in [0.4, 0.5) is 5.69 Å². The van der Waals surface area contributed by atoms with E-state index >= 15 is 0 Å². The van der Waals surface area contributed by atoms with Crippen molar-refractivity contribution in [3.8, 4) is 0 Å². The molecule has 5 nitrogen and oxygen atoms in total. The highest BCUT2D eigenvalue weighted by Gasteiger charge is 2.01. The molecule has 0 saturated carbocycles. The van der Waals surface area contributed by atoms with Crippen molar-refractivity contribution in [3.05, 3.63) is 29.8 Å². The molecule has 0 bridgehead atoms. The van der Waals surface area contributed by atoms with E-state index in [9.17, 15) is 8.42 Å². The average molecular weight is 243 g/mol. The summed E-state index contributed by atoms with van der Waals surface area (Å²) in [6, 6.07) is 7.09. The van der Waals surface area contributed by atoms with Gasteiger partial charge in [-0.25, -0.2) is 5.14 Å². The lowest BCUT2D eigenvalue weighted by atomic mass is 10.2. The predicted octanol–water partition coefficient (Wildman–Crippen LogP) is 0.802. The van der Waals surface area contributed by atoms with E-state index in [1.165, 1.54) is 0 Å². The minimum Gasteiger partial charge on any atom is -0.313 e. The van der Waals surface area contributed by atoms with Crippen LogP contribution in [0.1, 0.15) is 18.9 Å². The first-order valence-electron chi connectivity index (χ1n) is 5.11. The van der Waals surface area contributed by atoms with Crippen LogP contribution in [0.15, 0.2) is 24.3 Å². The van der Waals surface area contributed by atoms with Gasteiger partial charge in [0.05, 0.1) is 0 Å². The Hall–Kier alpha value is -1.11. The first kappa shape index (κ1) is 13.0. The summed E-state index contributed by atoms with van der Waals surface area (Å²) in [5.41, 5.74) is 1.58. The lowest BCUT2D eigenvalue weighted by Crippen LogP contribution is -2.21. The molecule has 0 spiro atoms. The Balaban J connectivity index is 2.54. The fraction of sp³-hybridized carbons (Fsp3) is 0.400. The summed E-state index contributed by atoms with van der Waals surface area (Å²) in [7, 11) is -3.68. The molecule has 0 unspecified atom stereocenters. The molecule has 1 aromatic carbocycles. The molecule has 4 N–H and O–H groups in total. The number of hydrogen-bond acceptors (Lipinski definition) is 3. The lowest BCUT2D eigenvalue weighted by molar-refractivity contribution is 0.603. The number of nitrogens with two attached hydrogens (primary N) is 1. The highest BCUT2D eigenvalue weighted by molar-refractivity contribution is 7.90. The smallest absolute Gasteiger partial charge is 0.296 e. The minimum absolute atomic E-state index is 0.474. The predicted molar refractivity (Wildman–Crippen MR) is 65.2 cm³/mol. The third-order valence-corrected chi connectivity index (χ3v) is 2.49. The molecular formula is C10H17N3O2S. The zero-order valence-corrected chi connectivity index (χ0v) is 10.0. The van der Waals surface area contributed by atoms with E-state index in [4.69, 9.17) is 5.14 Å². The minimum atomic E-state index is -3.68. The maximum absolute atomic E-state index is 10.8. The molecule has 0 amide bonds. The van der Waals surface area contributed by atoms with Crippen LogP contribution < -0.4 is 15.2 Å². The zero-order valence-electron chi connectivity index (χ0n) is 9.23. The second kappa shape index (κ2) is 5.83. The van der Waals surface area contributed by atoms with Crippen molar-refractivity contribution in [1.29, 1.82) is 0 Å². The topological polar surface area (TPSA) is 84.2 Å². The third kappa shape index (κ3) is 5.11. The second-order valence-corrected chi connectivity index (χ2v) is 4.81. The van der Waals surface area contributed by atoms with Crippen LogP contribution in [0.25, 0.3) is 0 Å². The van der Waals surface area contributed by atoms with E-state index in [2.05, 4.69) is 17.0 Å². The Labute approximate surface area is 96.2 Å². The van der Waals surface area contributed by atoms with Crippen LogP contribution in [0.3, 0.4) is 0 Å². The van der Waals surface area contributed by atoms with E-state index in [0.717, 1.165) is 25.1 Å². The standard InChI is InChI=1S/C10H17N3O2S/c1-2-7-12-8-9-3-5-10(6-4-9)13-16(11,14)15/h3-6,12-13H,2,7-8H2,1H3,(H2,11,14,15). The normalized spacial score (nSPS) is 11.4. The fourth-order valence-corrected chi connectivity index (χ4v) is 1.73. The Morgan fingerprint density at radius 2 is 1.88 bits per heavy atom. The molecule has 0 aliphatic carbocycles. The number of anilines is 1. The van der Waals surface area contributed by atoms with E-state index < -0.39 is 10.2 Å². The zero-order chi connectivity index (χ0) is 12.0. The first-order chi connectivity index (χ1) is 7.51. The molecule has 6 heteroatoms. The van der Waals surface area contributed by atoms with Gasteiger partial charge in [0.1, 0.15) is 0 Å². The maximum atomic E-state index is 10.8. The summed E-state index contributed by atoms with van der Waals surface area (Å²) < 4.78 is 23.7. The van der Waals surface area contributed by atoms with Crippen LogP contribution >= 0.6 is 0 Å².